The van der Waals surface area contributed by atoms with Gasteiger partial charge in [-0.1, -0.05) is 42.7 Å². The van der Waals surface area contributed by atoms with E-state index >= 15 is 0 Å². The fourth-order valence-corrected chi connectivity index (χ4v) is 5.79. The highest BCUT2D eigenvalue weighted by atomic mass is 16.5. The molecule has 2 aliphatic heterocycles. The second kappa shape index (κ2) is 9.24. The van der Waals surface area contributed by atoms with Gasteiger partial charge in [-0.15, -0.1) is 0 Å². The van der Waals surface area contributed by atoms with E-state index in [0.29, 0.717) is 19.2 Å². The van der Waals surface area contributed by atoms with Crippen molar-refractivity contribution >= 4 is 25.0 Å². The first-order chi connectivity index (χ1) is 15.3. The minimum absolute atomic E-state index is 0.0879. The number of nitrogens with zero attached hydrogens (tertiary/aromatic N) is 1. The third-order valence-electron chi connectivity index (χ3n) is 7.16. The van der Waals surface area contributed by atoms with Crippen LogP contribution in [0.25, 0.3) is 6.08 Å². The summed E-state index contributed by atoms with van der Waals surface area (Å²) in [5.41, 5.74) is 4.48. The van der Waals surface area contributed by atoms with Gasteiger partial charge in [-0.05, 0) is 68.1 Å². The number of carbonyl (C=O) groups is 2. The molecule has 2 amide bonds. The molecule has 6 nitrogen and oxygen atoms in total. The van der Waals surface area contributed by atoms with Crippen molar-refractivity contribution in [2.45, 2.75) is 58.4 Å². The van der Waals surface area contributed by atoms with Gasteiger partial charge in [0, 0.05) is 7.05 Å². The van der Waals surface area contributed by atoms with Crippen molar-refractivity contribution in [3.8, 4) is 5.75 Å². The number of aromatic hydroxyl groups is 1. The number of phenolic OH excluding ortho intramolecular Hbond substituents is 1. The minimum Gasteiger partial charge on any atom is -0.508 e. The number of fused-ring (bicyclic) bond motifs is 3. The van der Waals surface area contributed by atoms with E-state index in [9.17, 15) is 19.7 Å². The van der Waals surface area contributed by atoms with Crippen LogP contribution in [0.3, 0.4) is 0 Å². The Hall–Kier alpha value is -2.38. The molecule has 4 atom stereocenters. The Balaban J connectivity index is 1.59. The van der Waals surface area contributed by atoms with Gasteiger partial charge >= 0.3 is 7.12 Å². The third kappa shape index (κ3) is 4.28. The maximum Gasteiger partial charge on any atom is 0.455 e. The normalized spacial score (nSPS) is 28.3. The molecule has 0 radical (unpaired) electrons. The van der Waals surface area contributed by atoms with E-state index < -0.39 is 7.12 Å². The van der Waals surface area contributed by atoms with Gasteiger partial charge < -0.3 is 14.8 Å². The van der Waals surface area contributed by atoms with Gasteiger partial charge in [0.2, 0.25) is 11.8 Å². The Bertz CT molecular complexity index is 971. The Labute approximate surface area is 190 Å². The number of allylic oxidation sites excluding steroid dienone is 2. The molecule has 1 aliphatic carbocycles. The predicted octanol–water partition coefficient (Wildman–Crippen LogP) is 3.80. The van der Waals surface area contributed by atoms with Gasteiger partial charge in [-0.3, -0.25) is 14.5 Å². The first-order valence-corrected chi connectivity index (χ1v) is 11.6. The zero-order valence-corrected chi connectivity index (χ0v) is 19.1. The van der Waals surface area contributed by atoms with Crippen LogP contribution in [0.1, 0.15) is 51.5 Å². The summed E-state index contributed by atoms with van der Waals surface area (Å²) < 4.78 is 6.01. The van der Waals surface area contributed by atoms with E-state index in [2.05, 4.69) is 6.92 Å². The van der Waals surface area contributed by atoms with E-state index in [4.69, 9.17) is 4.65 Å². The fraction of sp³-hybridized carbons (Fsp3) is 0.520. The SMILES string of the molecule is CCCC1=C2[C@@H](CC/C(C)=C/c3cccc(O)c3)OB(O)C[C@@H]2[C@@H]2C(=O)N(C)C(=O)[C@@H]2C1. The second-order valence-corrected chi connectivity index (χ2v) is 9.43. The first kappa shape index (κ1) is 22.8. The summed E-state index contributed by atoms with van der Waals surface area (Å²) >= 11 is 0. The van der Waals surface area contributed by atoms with Crippen LogP contribution in [0.15, 0.2) is 41.0 Å². The number of benzene rings is 1. The van der Waals surface area contributed by atoms with Crippen molar-refractivity contribution < 1.29 is 24.4 Å². The molecule has 2 fully saturated rings. The van der Waals surface area contributed by atoms with Gasteiger partial charge in [0.15, 0.2) is 0 Å². The van der Waals surface area contributed by atoms with E-state index in [-0.39, 0.29) is 41.4 Å². The summed E-state index contributed by atoms with van der Waals surface area (Å²) in [6, 6.07) is 7.14. The van der Waals surface area contributed by atoms with Gasteiger partial charge in [0.1, 0.15) is 5.75 Å². The molecule has 0 aromatic heterocycles. The van der Waals surface area contributed by atoms with Crippen LogP contribution in [0.4, 0.5) is 0 Å². The van der Waals surface area contributed by atoms with Crippen molar-refractivity contribution in [1.29, 1.82) is 0 Å². The smallest absolute Gasteiger partial charge is 0.455 e. The fourth-order valence-electron chi connectivity index (χ4n) is 5.79. The second-order valence-electron chi connectivity index (χ2n) is 9.43. The van der Waals surface area contributed by atoms with Gasteiger partial charge in [-0.25, -0.2) is 0 Å². The zero-order valence-electron chi connectivity index (χ0n) is 19.1. The molecule has 0 saturated carbocycles. The number of amides is 2. The number of phenols is 1. The third-order valence-corrected chi connectivity index (χ3v) is 7.16. The number of carbonyl (C=O) groups excluding carboxylic acids is 2. The molecule has 2 heterocycles. The number of rotatable bonds is 6. The molecule has 32 heavy (non-hydrogen) atoms. The van der Waals surface area contributed by atoms with Crippen molar-refractivity contribution in [2.24, 2.45) is 17.8 Å². The van der Waals surface area contributed by atoms with Crippen LogP contribution >= 0.6 is 0 Å². The van der Waals surface area contributed by atoms with Gasteiger partial charge in [-0.2, -0.15) is 0 Å². The molecule has 2 N–H and O–H groups in total. The Morgan fingerprint density at radius 1 is 1.28 bits per heavy atom. The van der Waals surface area contributed by atoms with E-state index in [1.165, 1.54) is 10.5 Å². The topological polar surface area (TPSA) is 87.1 Å². The summed E-state index contributed by atoms with van der Waals surface area (Å²) in [5.74, 6) is -0.795. The summed E-state index contributed by atoms with van der Waals surface area (Å²) in [4.78, 5) is 26.9. The van der Waals surface area contributed by atoms with Crippen LogP contribution in [0.5, 0.6) is 5.75 Å². The van der Waals surface area contributed by atoms with Crippen LogP contribution < -0.4 is 0 Å². The molecule has 4 rings (SSSR count). The monoisotopic (exact) mass is 437 g/mol. The van der Waals surface area contributed by atoms with Gasteiger partial charge in [0.05, 0.1) is 17.9 Å². The maximum absolute atomic E-state index is 12.9. The van der Waals surface area contributed by atoms with Crippen LogP contribution in [-0.4, -0.2) is 47.1 Å². The molecule has 0 bridgehead atoms. The van der Waals surface area contributed by atoms with E-state index in [1.54, 1.807) is 19.2 Å². The summed E-state index contributed by atoms with van der Waals surface area (Å²) in [5, 5.41) is 20.2. The minimum atomic E-state index is -0.931. The van der Waals surface area contributed by atoms with Crippen LogP contribution in [-0.2, 0) is 14.2 Å². The lowest BCUT2D eigenvalue weighted by atomic mass is 9.58. The Morgan fingerprint density at radius 3 is 2.78 bits per heavy atom. The molecule has 0 spiro atoms. The Kier molecular flexibility index (Phi) is 6.58. The molecular weight excluding hydrogens is 405 g/mol. The van der Waals surface area contributed by atoms with Gasteiger partial charge in [0.25, 0.3) is 0 Å². The quantitative estimate of drug-likeness (QED) is 0.402. The molecule has 0 unspecified atom stereocenters. The predicted molar refractivity (Wildman–Crippen MR) is 123 cm³/mol. The van der Waals surface area contributed by atoms with Crippen LogP contribution in [0.2, 0.25) is 6.32 Å². The molecule has 170 valence electrons. The molecule has 1 aromatic carbocycles. The highest BCUT2D eigenvalue weighted by Gasteiger charge is 2.56. The maximum atomic E-state index is 12.9. The molecule has 1 aromatic rings. The Morgan fingerprint density at radius 2 is 2.06 bits per heavy atom. The van der Waals surface area contributed by atoms with E-state index in [1.807, 2.05) is 25.1 Å². The molecular formula is C25H32BNO5. The first-order valence-electron chi connectivity index (χ1n) is 11.6. The lowest BCUT2D eigenvalue weighted by molar-refractivity contribution is -0.138. The lowest BCUT2D eigenvalue weighted by Crippen LogP contribution is -2.46. The lowest BCUT2D eigenvalue weighted by Gasteiger charge is -2.43. The number of hydrogen-bond donors (Lipinski definition) is 2. The highest BCUT2D eigenvalue weighted by molar-refractivity contribution is 6.43. The summed E-state index contributed by atoms with van der Waals surface area (Å²) in [6.45, 7) is 4.17. The highest BCUT2D eigenvalue weighted by Crippen LogP contribution is 2.51. The zero-order chi connectivity index (χ0) is 23.0. The average Bonchev–Trinajstić information content (AvgIpc) is 2.96. The summed E-state index contributed by atoms with van der Waals surface area (Å²) in [7, 11) is 0.643. The number of hydrogen-bond acceptors (Lipinski definition) is 5. The number of likely N-dealkylation sites (tertiary alicyclic amines) is 1. The molecule has 2 saturated heterocycles. The largest absolute Gasteiger partial charge is 0.508 e. The standard InChI is InChI=1S/C25H32BNO5/c1-4-6-17-13-19-23(25(30)27(3)24(19)29)20-14-26(31)32-21(22(17)20)10-9-15(2)11-16-7-5-8-18(28)12-16/h5,7-8,11-12,19-21,23,28,31H,4,6,9-10,13-14H2,1-3H3/b15-11+/t19-,20+,21-,23-/m1/s1. The van der Waals surface area contributed by atoms with Crippen LogP contribution in [0, 0.1) is 17.8 Å². The molecule has 3 aliphatic rings. The van der Waals surface area contributed by atoms with Crippen molar-refractivity contribution in [3.63, 3.8) is 0 Å². The average molecular weight is 437 g/mol. The van der Waals surface area contributed by atoms with E-state index in [0.717, 1.165) is 36.0 Å². The van der Waals surface area contributed by atoms with Crippen molar-refractivity contribution in [3.05, 3.63) is 46.5 Å². The molecule has 7 heteroatoms. The van der Waals surface area contributed by atoms with Crippen molar-refractivity contribution in [1.82, 2.24) is 4.90 Å². The van der Waals surface area contributed by atoms with Crippen molar-refractivity contribution in [2.75, 3.05) is 7.05 Å². The number of imide groups is 1. The summed E-state index contributed by atoms with van der Waals surface area (Å²) in [6.07, 6.45) is 6.09.